The third kappa shape index (κ3) is 2.17. The summed E-state index contributed by atoms with van der Waals surface area (Å²) in [5.41, 5.74) is 2.83. The maximum Gasteiger partial charge on any atom is 0.0382 e. The van der Waals surface area contributed by atoms with Crippen molar-refractivity contribution < 1.29 is 0 Å². The lowest BCUT2D eigenvalue weighted by atomic mass is 10.2. The second-order valence-corrected chi connectivity index (χ2v) is 2.63. The van der Waals surface area contributed by atoms with Gasteiger partial charge in [0.15, 0.2) is 0 Å². The molecule has 0 amide bonds. The van der Waals surface area contributed by atoms with Gasteiger partial charge in [-0.05, 0) is 31.2 Å². The predicted molar refractivity (Wildman–Crippen MR) is 52.8 cm³/mol. The quantitative estimate of drug-likeness (QED) is 0.651. The predicted octanol–water partition coefficient (Wildman–Crippen LogP) is 2.61. The van der Waals surface area contributed by atoms with E-state index in [1.165, 1.54) is 0 Å². The lowest BCUT2D eigenvalue weighted by Crippen LogP contribution is -1.92. The highest BCUT2D eigenvalue weighted by atomic mass is 14.9. The molecule has 0 aliphatic rings. The highest BCUT2D eigenvalue weighted by molar-refractivity contribution is 5.50. The van der Waals surface area contributed by atoms with Crippen LogP contribution in [0.2, 0.25) is 0 Å². The number of hydrogen-bond donors (Lipinski definition) is 1. The first-order valence-electron chi connectivity index (χ1n) is 3.71. The van der Waals surface area contributed by atoms with Gasteiger partial charge in [-0.2, -0.15) is 0 Å². The molecule has 1 nitrogen and oxygen atoms in total. The molecule has 1 N–H and O–H groups in total. The molecule has 0 aliphatic heterocycles. The highest BCUT2D eigenvalue weighted by Gasteiger charge is 1.90. The second kappa shape index (κ2) is 3.64. The topological polar surface area (TPSA) is 12.0 Å². The van der Waals surface area contributed by atoms with Gasteiger partial charge in [-0.25, -0.2) is 0 Å². The Kier molecular flexibility index (Phi) is 2.55. The Bertz CT molecular complexity index is 314. The van der Waals surface area contributed by atoms with E-state index in [1.54, 1.807) is 0 Å². The van der Waals surface area contributed by atoms with Crippen LogP contribution in [0.4, 0.5) is 5.69 Å². The number of terminal acetylenes is 1. The zero-order chi connectivity index (χ0) is 8.97. The molecule has 1 heteroatoms. The van der Waals surface area contributed by atoms with Crippen molar-refractivity contribution in [3.05, 3.63) is 42.1 Å². The molecule has 0 spiro atoms. The van der Waals surface area contributed by atoms with Crippen LogP contribution in [0.25, 0.3) is 0 Å². The molecular formula is C11H11N. The normalized spacial score (nSPS) is 8.67. The zero-order valence-corrected chi connectivity index (χ0v) is 7.09. The number of benzene rings is 1. The summed E-state index contributed by atoms with van der Waals surface area (Å²) in [7, 11) is 0. The SMILES string of the molecule is C#Cc1ccc(NC(=C)C)cc1. The van der Waals surface area contributed by atoms with Crippen LogP contribution in [-0.2, 0) is 0 Å². The van der Waals surface area contributed by atoms with E-state index in [4.69, 9.17) is 6.42 Å². The molecule has 1 aromatic rings. The molecule has 1 rings (SSSR count). The number of nitrogens with one attached hydrogen (secondary N) is 1. The van der Waals surface area contributed by atoms with Crippen molar-refractivity contribution in [2.45, 2.75) is 6.92 Å². The van der Waals surface area contributed by atoms with Crippen LogP contribution >= 0.6 is 0 Å². The summed E-state index contributed by atoms with van der Waals surface area (Å²) in [6.45, 7) is 5.65. The summed E-state index contributed by atoms with van der Waals surface area (Å²) in [5.74, 6) is 2.56. The Labute approximate surface area is 73.1 Å². The molecule has 0 unspecified atom stereocenters. The van der Waals surface area contributed by atoms with E-state index in [0.717, 1.165) is 16.9 Å². The number of allylic oxidation sites excluding steroid dienone is 1. The van der Waals surface area contributed by atoms with E-state index >= 15 is 0 Å². The van der Waals surface area contributed by atoms with Gasteiger partial charge in [0.05, 0.1) is 0 Å². The fourth-order valence-electron chi connectivity index (χ4n) is 0.896. The van der Waals surface area contributed by atoms with Gasteiger partial charge < -0.3 is 5.32 Å². The first-order valence-corrected chi connectivity index (χ1v) is 3.71. The van der Waals surface area contributed by atoms with Crippen molar-refractivity contribution in [1.29, 1.82) is 0 Å². The molecule has 12 heavy (non-hydrogen) atoms. The van der Waals surface area contributed by atoms with Crippen molar-refractivity contribution in [2.75, 3.05) is 5.32 Å². The van der Waals surface area contributed by atoms with Gasteiger partial charge in [0.2, 0.25) is 0 Å². The maximum atomic E-state index is 5.21. The van der Waals surface area contributed by atoms with Gasteiger partial charge in [0, 0.05) is 16.9 Å². The smallest absolute Gasteiger partial charge is 0.0382 e. The summed E-state index contributed by atoms with van der Waals surface area (Å²) in [6.07, 6.45) is 5.21. The summed E-state index contributed by atoms with van der Waals surface area (Å²) < 4.78 is 0. The molecular weight excluding hydrogens is 146 g/mol. The van der Waals surface area contributed by atoms with Gasteiger partial charge in [-0.15, -0.1) is 6.42 Å². The fourth-order valence-corrected chi connectivity index (χ4v) is 0.896. The van der Waals surface area contributed by atoms with Crippen LogP contribution in [0.15, 0.2) is 36.5 Å². The number of hydrogen-bond acceptors (Lipinski definition) is 1. The Morgan fingerprint density at radius 3 is 2.42 bits per heavy atom. The molecule has 0 atom stereocenters. The summed E-state index contributed by atoms with van der Waals surface area (Å²) in [6, 6.07) is 7.66. The lowest BCUT2D eigenvalue weighted by Gasteiger charge is -2.03. The van der Waals surface area contributed by atoms with Gasteiger partial charge >= 0.3 is 0 Å². The molecule has 0 fully saturated rings. The van der Waals surface area contributed by atoms with Crippen LogP contribution in [-0.4, -0.2) is 0 Å². The molecule has 0 aromatic heterocycles. The summed E-state index contributed by atoms with van der Waals surface area (Å²) in [4.78, 5) is 0. The molecule has 0 saturated heterocycles. The molecule has 0 radical (unpaired) electrons. The van der Waals surface area contributed by atoms with Crippen LogP contribution in [0.3, 0.4) is 0 Å². The fraction of sp³-hybridized carbons (Fsp3) is 0.0909. The summed E-state index contributed by atoms with van der Waals surface area (Å²) >= 11 is 0. The van der Waals surface area contributed by atoms with Crippen LogP contribution in [0.1, 0.15) is 12.5 Å². The van der Waals surface area contributed by atoms with Crippen molar-refractivity contribution in [1.82, 2.24) is 0 Å². The molecule has 0 bridgehead atoms. The molecule has 1 aromatic carbocycles. The van der Waals surface area contributed by atoms with E-state index in [2.05, 4.69) is 17.8 Å². The Morgan fingerprint density at radius 2 is 2.00 bits per heavy atom. The monoisotopic (exact) mass is 157 g/mol. The van der Waals surface area contributed by atoms with Gasteiger partial charge in [0.25, 0.3) is 0 Å². The Morgan fingerprint density at radius 1 is 1.42 bits per heavy atom. The minimum atomic E-state index is 0.891. The minimum absolute atomic E-state index is 0.891. The van der Waals surface area contributed by atoms with Crippen LogP contribution in [0, 0.1) is 12.3 Å². The second-order valence-electron chi connectivity index (χ2n) is 2.63. The Hall–Kier alpha value is -1.68. The zero-order valence-electron chi connectivity index (χ0n) is 7.09. The van der Waals surface area contributed by atoms with E-state index in [0.29, 0.717) is 0 Å². The minimum Gasteiger partial charge on any atom is -0.360 e. The molecule has 60 valence electrons. The lowest BCUT2D eigenvalue weighted by molar-refractivity contribution is 1.40. The third-order valence-electron chi connectivity index (χ3n) is 1.41. The standard InChI is InChI=1S/C11H11N/c1-4-10-5-7-11(8-6-10)12-9(2)3/h1,5-8,12H,2H2,3H3. The number of rotatable bonds is 2. The van der Waals surface area contributed by atoms with Crippen molar-refractivity contribution >= 4 is 5.69 Å². The van der Waals surface area contributed by atoms with Crippen molar-refractivity contribution in [3.8, 4) is 12.3 Å². The third-order valence-corrected chi connectivity index (χ3v) is 1.41. The average molecular weight is 157 g/mol. The van der Waals surface area contributed by atoms with E-state index in [9.17, 15) is 0 Å². The largest absolute Gasteiger partial charge is 0.360 e. The molecule has 0 heterocycles. The Balaban J connectivity index is 2.80. The van der Waals surface area contributed by atoms with E-state index in [1.807, 2.05) is 31.2 Å². The van der Waals surface area contributed by atoms with E-state index in [-0.39, 0.29) is 0 Å². The molecule has 0 saturated carbocycles. The van der Waals surface area contributed by atoms with Crippen molar-refractivity contribution in [2.24, 2.45) is 0 Å². The first-order chi connectivity index (χ1) is 5.72. The van der Waals surface area contributed by atoms with Crippen molar-refractivity contribution in [3.63, 3.8) is 0 Å². The van der Waals surface area contributed by atoms with Crippen LogP contribution in [0.5, 0.6) is 0 Å². The van der Waals surface area contributed by atoms with E-state index < -0.39 is 0 Å². The van der Waals surface area contributed by atoms with Gasteiger partial charge in [-0.3, -0.25) is 0 Å². The number of anilines is 1. The highest BCUT2D eigenvalue weighted by Crippen LogP contribution is 2.10. The average Bonchev–Trinajstić information content (AvgIpc) is 2.05. The maximum absolute atomic E-state index is 5.21. The summed E-state index contributed by atoms with van der Waals surface area (Å²) in [5, 5.41) is 3.09. The van der Waals surface area contributed by atoms with Crippen LogP contribution < -0.4 is 5.32 Å². The molecule has 0 aliphatic carbocycles. The van der Waals surface area contributed by atoms with Gasteiger partial charge in [0.1, 0.15) is 0 Å². The first kappa shape index (κ1) is 8.42. The van der Waals surface area contributed by atoms with Gasteiger partial charge in [-0.1, -0.05) is 12.5 Å².